The molecule has 0 saturated heterocycles. The molecule has 23 heavy (non-hydrogen) atoms. The lowest BCUT2D eigenvalue weighted by Gasteiger charge is -2.28. The first-order valence-electron chi connectivity index (χ1n) is 8.04. The molecule has 0 fully saturated rings. The van der Waals surface area contributed by atoms with Crippen molar-refractivity contribution >= 4 is 23.5 Å². The maximum absolute atomic E-state index is 12.8. The zero-order chi connectivity index (χ0) is 17.4. The highest BCUT2D eigenvalue weighted by Gasteiger charge is 2.26. The molecule has 1 aromatic rings. The van der Waals surface area contributed by atoms with Crippen LogP contribution in [0.3, 0.4) is 0 Å². The van der Waals surface area contributed by atoms with E-state index in [1.807, 2.05) is 32.0 Å². The van der Waals surface area contributed by atoms with Crippen molar-refractivity contribution in [1.29, 1.82) is 0 Å². The molecule has 128 valence electrons. The average Bonchev–Trinajstić information content (AvgIpc) is 2.56. The molecule has 5 heteroatoms. The number of amides is 1. The molecule has 0 radical (unpaired) electrons. The van der Waals surface area contributed by atoms with Gasteiger partial charge in [0.2, 0.25) is 5.91 Å². The Morgan fingerprint density at radius 1 is 1.22 bits per heavy atom. The van der Waals surface area contributed by atoms with Gasteiger partial charge in [0.25, 0.3) is 0 Å². The maximum Gasteiger partial charge on any atom is 0.310 e. The topological polar surface area (TPSA) is 46.6 Å². The number of rotatable bonds is 8. The van der Waals surface area contributed by atoms with Crippen molar-refractivity contribution in [2.24, 2.45) is 11.8 Å². The molecule has 0 saturated carbocycles. The summed E-state index contributed by atoms with van der Waals surface area (Å²) in [7, 11) is 1.36. The highest BCUT2D eigenvalue weighted by Crippen LogP contribution is 2.21. The molecule has 1 aromatic carbocycles. The average molecular weight is 340 g/mol. The molecule has 1 rings (SSSR count). The minimum Gasteiger partial charge on any atom is -0.469 e. The third-order valence-electron chi connectivity index (χ3n) is 4.06. The number of carbonyl (C=O) groups excluding carboxylic acids is 2. The number of benzene rings is 1. The smallest absolute Gasteiger partial charge is 0.310 e. The zero-order valence-electron chi connectivity index (χ0n) is 14.3. The van der Waals surface area contributed by atoms with Crippen LogP contribution in [0.2, 0.25) is 5.02 Å². The quantitative estimate of drug-likeness (QED) is 0.674. The van der Waals surface area contributed by atoms with Gasteiger partial charge in [-0.2, -0.15) is 0 Å². The van der Waals surface area contributed by atoms with Crippen LogP contribution >= 0.6 is 11.6 Å². The first-order valence-corrected chi connectivity index (χ1v) is 8.42. The van der Waals surface area contributed by atoms with E-state index >= 15 is 0 Å². The monoisotopic (exact) mass is 339 g/mol. The van der Waals surface area contributed by atoms with Crippen LogP contribution in [0.25, 0.3) is 0 Å². The number of hydrogen-bond acceptors (Lipinski definition) is 3. The number of ether oxygens (including phenoxy) is 1. The van der Waals surface area contributed by atoms with Crippen LogP contribution in [0, 0.1) is 11.8 Å². The van der Waals surface area contributed by atoms with Crippen molar-refractivity contribution in [3.05, 3.63) is 34.9 Å². The van der Waals surface area contributed by atoms with Crippen LogP contribution in [-0.2, 0) is 20.9 Å². The first-order chi connectivity index (χ1) is 10.9. The normalized spacial score (nSPS) is 12.1. The van der Waals surface area contributed by atoms with Gasteiger partial charge in [-0.05, 0) is 24.5 Å². The van der Waals surface area contributed by atoms with Crippen LogP contribution in [0.15, 0.2) is 24.3 Å². The van der Waals surface area contributed by atoms with Crippen LogP contribution in [0.1, 0.15) is 39.2 Å². The van der Waals surface area contributed by atoms with Gasteiger partial charge in [0.15, 0.2) is 0 Å². The van der Waals surface area contributed by atoms with E-state index in [1.165, 1.54) is 7.11 Å². The Morgan fingerprint density at radius 3 is 2.35 bits per heavy atom. The van der Waals surface area contributed by atoms with Crippen LogP contribution in [0.5, 0.6) is 0 Å². The molecule has 0 bridgehead atoms. The van der Waals surface area contributed by atoms with Crippen LogP contribution in [0.4, 0.5) is 0 Å². The Morgan fingerprint density at radius 2 is 1.83 bits per heavy atom. The van der Waals surface area contributed by atoms with Crippen molar-refractivity contribution in [3.63, 3.8) is 0 Å². The molecule has 0 aliphatic heterocycles. The molecule has 0 aliphatic carbocycles. The molecule has 1 atom stereocenters. The molecule has 0 heterocycles. The summed E-state index contributed by atoms with van der Waals surface area (Å²) in [4.78, 5) is 26.2. The summed E-state index contributed by atoms with van der Waals surface area (Å²) in [6.07, 6.45) is 1.56. The van der Waals surface area contributed by atoms with Crippen molar-refractivity contribution in [2.75, 3.05) is 13.7 Å². The Labute approximate surface area is 143 Å². The SMILES string of the molecule is CCC(CC)C(=O)N(Cc1ccccc1Cl)CC(C)C(=O)OC. The molecular weight excluding hydrogens is 314 g/mol. The van der Waals surface area contributed by atoms with E-state index in [2.05, 4.69) is 0 Å². The van der Waals surface area contributed by atoms with Crippen LogP contribution in [-0.4, -0.2) is 30.4 Å². The van der Waals surface area contributed by atoms with Gasteiger partial charge in [-0.1, -0.05) is 50.6 Å². The predicted molar refractivity (Wildman–Crippen MR) is 92.1 cm³/mol. The van der Waals surface area contributed by atoms with Crippen molar-refractivity contribution in [2.45, 2.75) is 40.2 Å². The summed E-state index contributed by atoms with van der Waals surface area (Å²) in [5.74, 6) is -0.666. The van der Waals surface area contributed by atoms with E-state index < -0.39 is 0 Å². The second-order valence-electron chi connectivity index (χ2n) is 5.75. The largest absolute Gasteiger partial charge is 0.469 e. The van der Waals surface area contributed by atoms with Gasteiger partial charge in [-0.15, -0.1) is 0 Å². The third-order valence-corrected chi connectivity index (χ3v) is 4.43. The summed E-state index contributed by atoms with van der Waals surface area (Å²) in [6.45, 7) is 6.50. The second kappa shape index (κ2) is 9.56. The molecule has 0 aliphatic rings. The molecule has 0 N–H and O–H groups in total. The molecule has 0 spiro atoms. The van der Waals surface area contributed by atoms with Crippen LogP contribution < -0.4 is 0 Å². The van der Waals surface area contributed by atoms with Gasteiger partial charge in [-0.25, -0.2) is 0 Å². The predicted octanol–water partition coefficient (Wildman–Crippen LogP) is 3.91. The van der Waals surface area contributed by atoms with E-state index in [-0.39, 0.29) is 23.7 Å². The molecule has 4 nitrogen and oxygen atoms in total. The highest BCUT2D eigenvalue weighted by molar-refractivity contribution is 6.31. The number of esters is 1. The van der Waals surface area contributed by atoms with E-state index in [0.717, 1.165) is 18.4 Å². The molecular formula is C18H26ClNO3. The number of halogens is 1. The molecule has 0 aromatic heterocycles. The fourth-order valence-corrected chi connectivity index (χ4v) is 2.76. The Bertz CT molecular complexity index is 529. The lowest BCUT2D eigenvalue weighted by Crippen LogP contribution is -2.40. The summed E-state index contributed by atoms with van der Waals surface area (Å²) >= 11 is 6.22. The van der Waals surface area contributed by atoms with Gasteiger partial charge in [0.1, 0.15) is 0 Å². The maximum atomic E-state index is 12.8. The number of nitrogens with zero attached hydrogens (tertiary/aromatic N) is 1. The van der Waals surface area contributed by atoms with E-state index in [4.69, 9.17) is 16.3 Å². The van der Waals surface area contributed by atoms with Crippen molar-refractivity contribution < 1.29 is 14.3 Å². The summed E-state index contributed by atoms with van der Waals surface area (Å²) < 4.78 is 4.78. The van der Waals surface area contributed by atoms with Gasteiger partial charge < -0.3 is 9.64 Å². The highest BCUT2D eigenvalue weighted by atomic mass is 35.5. The molecule has 1 amide bonds. The Balaban J connectivity index is 2.98. The number of carbonyl (C=O) groups is 2. The van der Waals surface area contributed by atoms with E-state index in [1.54, 1.807) is 17.9 Å². The number of hydrogen-bond donors (Lipinski definition) is 0. The van der Waals surface area contributed by atoms with Crippen molar-refractivity contribution in [1.82, 2.24) is 4.90 Å². The van der Waals surface area contributed by atoms with Gasteiger partial charge >= 0.3 is 5.97 Å². The third kappa shape index (κ3) is 5.54. The summed E-state index contributed by atoms with van der Waals surface area (Å²) in [5, 5.41) is 0.626. The van der Waals surface area contributed by atoms with Gasteiger partial charge in [0, 0.05) is 24.0 Å². The minimum absolute atomic E-state index is 0.0395. The fraction of sp³-hybridized carbons (Fsp3) is 0.556. The van der Waals surface area contributed by atoms with E-state index in [0.29, 0.717) is 18.1 Å². The zero-order valence-corrected chi connectivity index (χ0v) is 15.1. The van der Waals surface area contributed by atoms with Crippen molar-refractivity contribution in [3.8, 4) is 0 Å². The summed E-state index contributed by atoms with van der Waals surface area (Å²) in [5.41, 5.74) is 0.880. The van der Waals surface area contributed by atoms with E-state index in [9.17, 15) is 9.59 Å². The fourth-order valence-electron chi connectivity index (χ4n) is 2.57. The standard InChI is InChI=1S/C18H26ClNO3/c1-5-14(6-2)17(21)20(11-13(3)18(22)23-4)12-15-9-7-8-10-16(15)19/h7-10,13-14H,5-6,11-12H2,1-4H3. The second-order valence-corrected chi connectivity index (χ2v) is 6.15. The summed E-state index contributed by atoms with van der Waals surface area (Å²) in [6, 6.07) is 7.46. The lowest BCUT2D eigenvalue weighted by atomic mass is 10.0. The van der Waals surface area contributed by atoms with Gasteiger partial charge in [0.05, 0.1) is 13.0 Å². The first kappa shape index (κ1) is 19.5. The molecule has 1 unspecified atom stereocenters. The lowest BCUT2D eigenvalue weighted by molar-refractivity contribution is -0.147. The Hall–Kier alpha value is -1.55. The van der Waals surface area contributed by atoms with Gasteiger partial charge in [-0.3, -0.25) is 9.59 Å². The number of methoxy groups -OCH3 is 1. The Kier molecular flexibility index (Phi) is 8.10. The minimum atomic E-state index is -0.374.